The minimum Gasteiger partial charge on any atom is -0.391 e. The van der Waals surface area contributed by atoms with Crippen molar-refractivity contribution in [1.29, 1.82) is 0 Å². The van der Waals surface area contributed by atoms with Crippen molar-refractivity contribution < 1.29 is 5.11 Å². The van der Waals surface area contributed by atoms with Crippen LogP contribution in [-0.4, -0.2) is 48.8 Å². The molecule has 2 N–H and O–H groups in total. The van der Waals surface area contributed by atoms with E-state index in [0.29, 0.717) is 6.54 Å². The highest BCUT2D eigenvalue weighted by Gasteiger charge is 2.28. The van der Waals surface area contributed by atoms with Crippen molar-refractivity contribution in [2.75, 3.05) is 23.3 Å². The molecule has 2 fully saturated rings. The zero-order valence-electron chi connectivity index (χ0n) is 17.9. The van der Waals surface area contributed by atoms with E-state index in [9.17, 15) is 5.11 Å². The molecule has 3 aromatic heterocycles. The van der Waals surface area contributed by atoms with E-state index in [1.807, 2.05) is 24.5 Å². The SMILES string of the molecule is O[C@H]1CCCC[C@H]1n1cnc2c(NCc3nc4ccccc4s3)nc(N3CCCC3)nc21. The van der Waals surface area contributed by atoms with E-state index in [1.54, 1.807) is 11.3 Å². The summed E-state index contributed by atoms with van der Waals surface area (Å²) in [7, 11) is 0. The van der Waals surface area contributed by atoms with Crippen LogP contribution >= 0.6 is 11.3 Å². The number of anilines is 2. The lowest BCUT2D eigenvalue weighted by Crippen LogP contribution is -2.27. The maximum atomic E-state index is 10.6. The Morgan fingerprint density at radius 1 is 1.03 bits per heavy atom. The third-order valence-electron chi connectivity index (χ3n) is 6.59. The average molecular weight is 450 g/mol. The minimum atomic E-state index is -0.356. The Kier molecular flexibility index (Phi) is 5.15. The fourth-order valence-corrected chi connectivity index (χ4v) is 5.81. The summed E-state index contributed by atoms with van der Waals surface area (Å²) in [4.78, 5) is 21.5. The molecule has 4 aromatic rings. The van der Waals surface area contributed by atoms with Crippen LogP contribution in [0.4, 0.5) is 11.8 Å². The van der Waals surface area contributed by atoms with Gasteiger partial charge in [-0.3, -0.25) is 0 Å². The van der Waals surface area contributed by atoms with Gasteiger partial charge in [-0.15, -0.1) is 11.3 Å². The Morgan fingerprint density at radius 2 is 1.88 bits per heavy atom. The number of para-hydroxylation sites is 1. The van der Waals surface area contributed by atoms with E-state index < -0.39 is 0 Å². The summed E-state index contributed by atoms with van der Waals surface area (Å²) in [6, 6.07) is 8.22. The van der Waals surface area contributed by atoms with Gasteiger partial charge in [0.2, 0.25) is 5.95 Å². The summed E-state index contributed by atoms with van der Waals surface area (Å²) in [5.41, 5.74) is 2.59. The Hall–Kier alpha value is -2.78. The number of hydrogen-bond acceptors (Lipinski definition) is 8. The van der Waals surface area contributed by atoms with E-state index in [0.717, 1.165) is 85.1 Å². The molecule has 32 heavy (non-hydrogen) atoms. The lowest BCUT2D eigenvalue weighted by atomic mass is 9.92. The molecule has 1 aromatic carbocycles. The summed E-state index contributed by atoms with van der Waals surface area (Å²) in [6.07, 6.45) is 7.77. The average Bonchev–Trinajstić information content (AvgIpc) is 3.57. The number of nitrogens with one attached hydrogen (secondary N) is 1. The van der Waals surface area contributed by atoms with Crippen LogP contribution in [0.15, 0.2) is 30.6 Å². The van der Waals surface area contributed by atoms with Crippen LogP contribution in [-0.2, 0) is 6.54 Å². The second-order valence-corrected chi connectivity index (χ2v) is 9.85. The number of thiazole rings is 1. The number of aliphatic hydroxyl groups excluding tert-OH is 1. The smallest absolute Gasteiger partial charge is 0.229 e. The molecule has 0 bridgehead atoms. The summed E-state index contributed by atoms with van der Waals surface area (Å²) in [5, 5.41) is 15.2. The van der Waals surface area contributed by atoms with Gasteiger partial charge in [0.15, 0.2) is 17.0 Å². The van der Waals surface area contributed by atoms with Crippen molar-refractivity contribution in [3.63, 3.8) is 0 Å². The Labute approximate surface area is 190 Å². The van der Waals surface area contributed by atoms with E-state index in [-0.39, 0.29) is 12.1 Å². The van der Waals surface area contributed by atoms with E-state index >= 15 is 0 Å². The first-order chi connectivity index (χ1) is 15.8. The van der Waals surface area contributed by atoms with Gasteiger partial charge in [0, 0.05) is 13.1 Å². The van der Waals surface area contributed by atoms with Crippen LogP contribution in [0, 0.1) is 0 Å². The summed E-state index contributed by atoms with van der Waals surface area (Å²) < 4.78 is 3.26. The standard InChI is InChI=1S/C23H27N7OS/c31-17-9-3-2-8-16(17)30-14-25-20-21(27-23(28-22(20)30)29-11-5-6-12-29)24-13-19-26-15-7-1-4-10-18(15)32-19/h1,4,7,10,14,16-17,31H,2-3,5-6,8-9,11-13H2,(H,24,27,28)/t16-,17+/m1/s1. The van der Waals surface area contributed by atoms with Gasteiger partial charge in [-0.2, -0.15) is 9.97 Å². The second kappa shape index (κ2) is 8.29. The number of aliphatic hydroxyl groups is 1. The fourth-order valence-electron chi connectivity index (χ4n) is 4.90. The molecule has 0 unspecified atom stereocenters. The van der Waals surface area contributed by atoms with Gasteiger partial charge in [-0.05, 0) is 37.8 Å². The van der Waals surface area contributed by atoms with Gasteiger partial charge in [0.25, 0.3) is 0 Å². The van der Waals surface area contributed by atoms with Gasteiger partial charge in [0.1, 0.15) is 5.01 Å². The van der Waals surface area contributed by atoms with E-state index in [1.165, 1.54) is 4.70 Å². The third-order valence-corrected chi connectivity index (χ3v) is 7.63. The molecule has 0 radical (unpaired) electrons. The van der Waals surface area contributed by atoms with Crippen LogP contribution in [0.3, 0.4) is 0 Å². The van der Waals surface area contributed by atoms with Crippen molar-refractivity contribution >= 4 is 44.5 Å². The number of hydrogen-bond donors (Lipinski definition) is 2. The third kappa shape index (κ3) is 3.59. The van der Waals surface area contributed by atoms with E-state index in [4.69, 9.17) is 15.0 Å². The Bertz CT molecular complexity index is 1210. The predicted octanol–water partition coefficient (Wildman–Crippen LogP) is 4.12. The maximum absolute atomic E-state index is 10.6. The summed E-state index contributed by atoms with van der Waals surface area (Å²) in [5.74, 6) is 1.48. The first-order valence-electron chi connectivity index (χ1n) is 11.5. The highest BCUT2D eigenvalue weighted by atomic mass is 32.1. The number of fused-ring (bicyclic) bond motifs is 2. The molecule has 2 aliphatic rings. The van der Waals surface area contributed by atoms with Crippen LogP contribution < -0.4 is 10.2 Å². The van der Waals surface area contributed by atoms with Crippen LogP contribution in [0.2, 0.25) is 0 Å². The zero-order chi connectivity index (χ0) is 21.5. The van der Waals surface area contributed by atoms with Crippen molar-refractivity contribution in [3.8, 4) is 0 Å². The first-order valence-corrected chi connectivity index (χ1v) is 12.3. The number of rotatable bonds is 5. The second-order valence-electron chi connectivity index (χ2n) is 8.74. The number of nitrogens with zero attached hydrogens (tertiary/aromatic N) is 6. The Morgan fingerprint density at radius 3 is 2.72 bits per heavy atom. The molecule has 6 rings (SSSR count). The monoisotopic (exact) mass is 449 g/mol. The van der Waals surface area contributed by atoms with Crippen LogP contribution in [0.25, 0.3) is 21.4 Å². The normalized spacial score (nSPS) is 21.6. The zero-order valence-corrected chi connectivity index (χ0v) is 18.8. The maximum Gasteiger partial charge on any atom is 0.229 e. The van der Waals surface area contributed by atoms with Crippen molar-refractivity contribution in [1.82, 2.24) is 24.5 Å². The highest BCUT2D eigenvalue weighted by molar-refractivity contribution is 7.18. The van der Waals surface area contributed by atoms with Gasteiger partial charge in [-0.25, -0.2) is 9.97 Å². The van der Waals surface area contributed by atoms with E-state index in [2.05, 4.69) is 25.8 Å². The van der Waals surface area contributed by atoms with Crippen molar-refractivity contribution in [3.05, 3.63) is 35.6 Å². The largest absolute Gasteiger partial charge is 0.391 e. The highest BCUT2D eigenvalue weighted by Crippen LogP contribution is 2.33. The molecule has 0 amide bonds. The Balaban J connectivity index is 1.37. The summed E-state index contributed by atoms with van der Waals surface area (Å²) >= 11 is 1.69. The predicted molar refractivity (Wildman–Crippen MR) is 127 cm³/mol. The van der Waals surface area contributed by atoms with Crippen molar-refractivity contribution in [2.24, 2.45) is 0 Å². The molecule has 0 spiro atoms. The molecule has 1 aliphatic heterocycles. The molecule has 2 atom stereocenters. The van der Waals surface area contributed by atoms with Gasteiger partial charge >= 0.3 is 0 Å². The molecule has 8 nitrogen and oxygen atoms in total. The van der Waals surface area contributed by atoms with Crippen LogP contribution in [0.5, 0.6) is 0 Å². The molecule has 1 saturated heterocycles. The topological polar surface area (TPSA) is 92.0 Å². The van der Waals surface area contributed by atoms with Crippen LogP contribution in [0.1, 0.15) is 49.6 Å². The lowest BCUT2D eigenvalue weighted by Gasteiger charge is -2.29. The quantitative estimate of drug-likeness (QED) is 0.473. The molecular formula is C23H27N7OS. The summed E-state index contributed by atoms with van der Waals surface area (Å²) in [6.45, 7) is 2.54. The lowest BCUT2D eigenvalue weighted by molar-refractivity contribution is 0.0770. The van der Waals surface area contributed by atoms with Gasteiger partial charge in [-0.1, -0.05) is 25.0 Å². The molecule has 166 valence electrons. The molecule has 1 saturated carbocycles. The minimum absolute atomic E-state index is 0.0205. The fraction of sp³-hybridized carbons (Fsp3) is 0.478. The molecule has 4 heterocycles. The number of benzene rings is 1. The first kappa shape index (κ1) is 19.9. The van der Waals surface area contributed by atoms with Crippen molar-refractivity contribution in [2.45, 2.75) is 57.2 Å². The molecule has 1 aliphatic carbocycles. The van der Waals surface area contributed by atoms with Gasteiger partial charge < -0.3 is 19.9 Å². The number of aromatic nitrogens is 5. The number of imidazole rings is 1. The molecular weight excluding hydrogens is 422 g/mol. The molecule has 9 heteroatoms. The van der Waals surface area contributed by atoms with Gasteiger partial charge in [0.05, 0.1) is 35.2 Å².